The van der Waals surface area contributed by atoms with Gasteiger partial charge in [-0.2, -0.15) is 0 Å². The SMILES string of the molecule is CCCCCCCCC(CCCCCC)CC(=O)OCCCCCC(CCCCCOC(=O)CN(C)C(=O)C(SCCCCC)SCCCCC)OC(=O)CCCN(C)C. The number of thioether (sulfide) groups is 2. The molecule has 2 unspecified atom stereocenters. The smallest absolute Gasteiger partial charge is 0.325 e. The molecule has 0 aromatic rings. The van der Waals surface area contributed by atoms with E-state index in [2.05, 4.69) is 32.6 Å². The van der Waals surface area contributed by atoms with E-state index < -0.39 is 0 Å². The molecule has 0 fully saturated rings. The number of hydrogen-bond acceptors (Lipinski definition) is 10. The largest absolute Gasteiger partial charge is 0.466 e. The first kappa shape index (κ1) is 58.5. The van der Waals surface area contributed by atoms with Gasteiger partial charge in [-0.15, -0.1) is 23.5 Å². The fraction of sp³-hybridized carbons (Fsp3) is 0.918. The zero-order chi connectivity index (χ0) is 44.5. The summed E-state index contributed by atoms with van der Waals surface area (Å²) in [5.41, 5.74) is 0. The summed E-state index contributed by atoms with van der Waals surface area (Å²) in [6, 6.07) is 0. The lowest BCUT2D eigenvalue weighted by molar-refractivity contribution is -0.150. The third-order valence-corrected chi connectivity index (χ3v) is 13.9. The molecule has 2 atom stereocenters. The zero-order valence-corrected chi connectivity index (χ0v) is 41.7. The van der Waals surface area contributed by atoms with Crippen molar-refractivity contribution >= 4 is 47.3 Å². The van der Waals surface area contributed by atoms with Gasteiger partial charge in [-0.25, -0.2) is 0 Å². The maximum atomic E-state index is 13.3. The van der Waals surface area contributed by atoms with Gasteiger partial charge in [-0.1, -0.05) is 118 Å². The number of carbonyl (C=O) groups excluding carboxylic acids is 4. The number of carbonyl (C=O) groups is 4. The highest BCUT2D eigenvalue weighted by molar-refractivity contribution is 8.18. The van der Waals surface area contributed by atoms with E-state index in [1.165, 1.54) is 81.9 Å². The Bertz CT molecular complexity index is 1020. The molecule has 0 aromatic heterocycles. The Balaban J connectivity index is 4.74. The molecule has 0 aromatic carbocycles. The Kier molecular flexibility index (Phi) is 41.8. The van der Waals surface area contributed by atoms with Gasteiger partial charge in [-0.3, -0.25) is 19.2 Å². The van der Waals surface area contributed by atoms with Crippen molar-refractivity contribution in [2.45, 2.75) is 225 Å². The van der Waals surface area contributed by atoms with Gasteiger partial charge in [0.15, 0.2) is 0 Å². The van der Waals surface area contributed by atoms with E-state index in [9.17, 15) is 19.2 Å². The Labute approximate surface area is 378 Å². The molecular formula is C49H94N2O7S2. The van der Waals surface area contributed by atoms with Gasteiger partial charge in [0.05, 0.1) is 13.2 Å². The van der Waals surface area contributed by atoms with Crippen LogP contribution in [0.2, 0.25) is 0 Å². The molecule has 0 radical (unpaired) electrons. The Morgan fingerprint density at radius 1 is 0.500 bits per heavy atom. The van der Waals surface area contributed by atoms with Crippen molar-refractivity contribution in [3.63, 3.8) is 0 Å². The molecule has 11 heteroatoms. The lowest BCUT2D eigenvalue weighted by Crippen LogP contribution is -2.38. The zero-order valence-electron chi connectivity index (χ0n) is 40.0. The molecule has 0 saturated heterocycles. The molecule has 60 heavy (non-hydrogen) atoms. The molecule has 0 rings (SSSR count). The molecule has 1 amide bonds. The number of rotatable bonds is 44. The lowest BCUT2D eigenvalue weighted by atomic mass is 9.91. The summed E-state index contributed by atoms with van der Waals surface area (Å²) < 4.78 is 17.0. The Morgan fingerprint density at radius 2 is 0.950 bits per heavy atom. The van der Waals surface area contributed by atoms with E-state index in [0.717, 1.165) is 114 Å². The summed E-state index contributed by atoms with van der Waals surface area (Å²) in [5, 5.41) is 0. The van der Waals surface area contributed by atoms with Gasteiger partial charge in [0.25, 0.3) is 0 Å². The van der Waals surface area contributed by atoms with Crippen LogP contribution in [0.3, 0.4) is 0 Å². The van der Waals surface area contributed by atoms with Crippen molar-refractivity contribution in [3.05, 3.63) is 0 Å². The maximum Gasteiger partial charge on any atom is 0.325 e. The Morgan fingerprint density at radius 3 is 1.48 bits per heavy atom. The molecule has 0 bridgehead atoms. The molecule has 0 N–H and O–H groups in total. The average molecular weight is 887 g/mol. The first-order chi connectivity index (χ1) is 29.1. The third kappa shape index (κ3) is 37.1. The molecule has 9 nitrogen and oxygen atoms in total. The predicted octanol–water partition coefficient (Wildman–Crippen LogP) is 12.8. The molecule has 0 aliphatic heterocycles. The number of ether oxygens (including phenoxy) is 3. The van der Waals surface area contributed by atoms with Crippen LogP contribution in [0.1, 0.15) is 214 Å². The van der Waals surface area contributed by atoms with Gasteiger partial charge in [0, 0.05) is 19.9 Å². The fourth-order valence-corrected chi connectivity index (χ4v) is 9.99. The van der Waals surface area contributed by atoms with Crippen LogP contribution < -0.4 is 0 Å². The second-order valence-corrected chi connectivity index (χ2v) is 20.0. The normalized spacial score (nSPS) is 12.5. The molecule has 0 aliphatic carbocycles. The first-order valence-electron chi connectivity index (χ1n) is 24.7. The number of likely N-dealkylation sites (N-methyl/N-ethyl adjacent to an activating group) is 1. The maximum absolute atomic E-state index is 13.3. The van der Waals surface area contributed by atoms with E-state index in [0.29, 0.717) is 32.0 Å². The van der Waals surface area contributed by atoms with Gasteiger partial charge in [0.1, 0.15) is 17.2 Å². The van der Waals surface area contributed by atoms with Crippen LogP contribution in [0, 0.1) is 5.92 Å². The van der Waals surface area contributed by atoms with E-state index in [-0.39, 0.29) is 41.0 Å². The van der Waals surface area contributed by atoms with E-state index in [1.807, 2.05) is 14.1 Å². The van der Waals surface area contributed by atoms with Crippen molar-refractivity contribution in [1.29, 1.82) is 0 Å². The molecule has 0 saturated carbocycles. The standard InChI is InChI=1S/C49H94N2O7S2/c1-8-12-16-18-19-23-32-43(31-22-17-13-9-2)41-46(53)56-37-26-20-24-33-44(58-45(52)35-30-36-50(5)6)34-25-21-27-38-57-47(54)42-51(7)48(55)49(59-39-28-14-10-3)60-40-29-15-11-4/h43-44,49H,8-42H2,1-7H3. The summed E-state index contributed by atoms with van der Waals surface area (Å²) >= 11 is 3.41. The first-order valence-corrected chi connectivity index (χ1v) is 26.8. The van der Waals surface area contributed by atoms with Crippen LogP contribution >= 0.6 is 23.5 Å². The van der Waals surface area contributed by atoms with Gasteiger partial charge in [-0.05, 0) is 122 Å². The van der Waals surface area contributed by atoms with Gasteiger partial charge >= 0.3 is 17.9 Å². The predicted molar refractivity (Wildman–Crippen MR) is 257 cm³/mol. The van der Waals surface area contributed by atoms with Gasteiger partial charge < -0.3 is 24.0 Å². The monoisotopic (exact) mass is 887 g/mol. The van der Waals surface area contributed by atoms with Crippen molar-refractivity contribution in [1.82, 2.24) is 9.80 Å². The quantitative estimate of drug-likeness (QED) is 0.0254. The van der Waals surface area contributed by atoms with Crippen LogP contribution in [0.4, 0.5) is 0 Å². The van der Waals surface area contributed by atoms with E-state index in [1.54, 1.807) is 30.6 Å². The minimum absolute atomic E-state index is 0.00557. The molecule has 0 heterocycles. The number of amides is 1. The van der Waals surface area contributed by atoms with Crippen molar-refractivity contribution in [3.8, 4) is 0 Å². The topological polar surface area (TPSA) is 102 Å². The number of esters is 3. The van der Waals surface area contributed by atoms with Crippen LogP contribution in [-0.4, -0.2) is 103 Å². The summed E-state index contributed by atoms with van der Waals surface area (Å²) in [7, 11) is 5.71. The summed E-state index contributed by atoms with van der Waals surface area (Å²) in [4.78, 5) is 55.0. The second kappa shape index (κ2) is 42.8. The number of unbranched alkanes of at least 4 members (excludes halogenated alkanes) is 16. The third-order valence-electron chi connectivity index (χ3n) is 11.0. The minimum Gasteiger partial charge on any atom is -0.466 e. The molecule has 0 spiro atoms. The van der Waals surface area contributed by atoms with Crippen LogP contribution in [-0.2, 0) is 33.4 Å². The highest BCUT2D eigenvalue weighted by atomic mass is 32.2. The molecular weight excluding hydrogens is 793 g/mol. The van der Waals surface area contributed by atoms with E-state index >= 15 is 0 Å². The van der Waals surface area contributed by atoms with Crippen molar-refractivity contribution < 1.29 is 33.4 Å². The minimum atomic E-state index is -0.373. The van der Waals surface area contributed by atoms with Crippen LogP contribution in [0.5, 0.6) is 0 Å². The number of hydrogen-bond donors (Lipinski definition) is 0. The summed E-state index contributed by atoms with van der Waals surface area (Å²) in [6.45, 7) is 10.4. The fourth-order valence-electron chi connectivity index (χ4n) is 7.21. The number of nitrogens with zero attached hydrogens (tertiary/aromatic N) is 2. The average Bonchev–Trinajstić information content (AvgIpc) is 3.21. The molecule has 0 aliphatic rings. The van der Waals surface area contributed by atoms with Crippen LogP contribution in [0.25, 0.3) is 0 Å². The molecule has 354 valence electrons. The Hall–Kier alpha value is -1.46. The summed E-state index contributed by atoms with van der Waals surface area (Å²) in [5.74, 6) is 1.77. The van der Waals surface area contributed by atoms with Gasteiger partial charge in [0.2, 0.25) is 5.91 Å². The van der Waals surface area contributed by atoms with Crippen molar-refractivity contribution in [2.75, 3.05) is 59.0 Å². The van der Waals surface area contributed by atoms with Crippen molar-refractivity contribution in [2.24, 2.45) is 5.92 Å². The summed E-state index contributed by atoms with van der Waals surface area (Å²) in [6.07, 6.45) is 29.9. The van der Waals surface area contributed by atoms with Crippen LogP contribution in [0.15, 0.2) is 0 Å². The highest BCUT2D eigenvalue weighted by Gasteiger charge is 2.25. The second-order valence-electron chi connectivity index (χ2n) is 17.3. The highest BCUT2D eigenvalue weighted by Crippen LogP contribution is 2.28. The lowest BCUT2D eigenvalue weighted by Gasteiger charge is -2.22. The van der Waals surface area contributed by atoms with E-state index in [4.69, 9.17) is 14.2 Å².